The Kier molecular flexibility index (Phi) is 2.73. The van der Waals surface area contributed by atoms with E-state index < -0.39 is 11.6 Å². The highest BCUT2D eigenvalue weighted by Crippen LogP contribution is 2.30. The molecule has 1 unspecified atom stereocenters. The minimum absolute atomic E-state index is 0.192. The minimum Gasteiger partial charge on any atom is -0.343 e. The predicted molar refractivity (Wildman–Crippen MR) is 60.4 cm³/mol. The van der Waals surface area contributed by atoms with Crippen molar-refractivity contribution in [1.29, 1.82) is 0 Å². The number of amides is 1. The molecule has 1 saturated heterocycles. The van der Waals surface area contributed by atoms with Crippen LogP contribution in [0.4, 0.5) is 14.5 Å². The second kappa shape index (κ2) is 4.42. The number of halogens is 2. The lowest BCUT2D eigenvalue weighted by Crippen LogP contribution is -2.24. The van der Waals surface area contributed by atoms with E-state index in [1.165, 1.54) is 11.3 Å². The van der Waals surface area contributed by atoms with Gasteiger partial charge < -0.3 is 9.42 Å². The summed E-state index contributed by atoms with van der Waals surface area (Å²) >= 11 is 0. The lowest BCUT2D eigenvalue weighted by molar-refractivity contribution is -0.117. The molecule has 0 aliphatic carbocycles. The molecule has 1 atom stereocenters. The Morgan fingerprint density at radius 1 is 1.26 bits per heavy atom. The molecule has 3 rings (SSSR count). The molecule has 2 heterocycles. The van der Waals surface area contributed by atoms with Crippen LogP contribution in [0.15, 0.2) is 29.1 Å². The number of carbonyl (C=O) groups is 1. The molecule has 1 aromatic heterocycles. The first-order chi connectivity index (χ1) is 9.13. The van der Waals surface area contributed by atoms with E-state index in [2.05, 4.69) is 14.7 Å². The first-order valence-electron chi connectivity index (χ1n) is 5.66. The molecule has 1 fully saturated rings. The van der Waals surface area contributed by atoms with Crippen molar-refractivity contribution in [2.45, 2.75) is 12.3 Å². The summed E-state index contributed by atoms with van der Waals surface area (Å²) in [4.78, 5) is 17.1. The summed E-state index contributed by atoms with van der Waals surface area (Å²) in [7, 11) is 0. The zero-order chi connectivity index (χ0) is 13.4. The van der Waals surface area contributed by atoms with Crippen LogP contribution in [-0.2, 0) is 4.79 Å². The van der Waals surface area contributed by atoms with Crippen molar-refractivity contribution in [1.82, 2.24) is 10.1 Å². The molecule has 0 bridgehead atoms. The molecule has 0 saturated carbocycles. The van der Waals surface area contributed by atoms with Gasteiger partial charge in [-0.1, -0.05) is 5.16 Å². The van der Waals surface area contributed by atoms with Crippen LogP contribution in [0.3, 0.4) is 0 Å². The first kappa shape index (κ1) is 11.8. The van der Waals surface area contributed by atoms with E-state index in [1.807, 2.05) is 0 Å². The Hall–Kier alpha value is -2.31. The molecular weight excluding hydrogens is 256 g/mol. The first-order valence-corrected chi connectivity index (χ1v) is 5.66. The average molecular weight is 265 g/mol. The Morgan fingerprint density at radius 3 is 2.63 bits per heavy atom. The Bertz CT molecular complexity index is 595. The third-order valence-corrected chi connectivity index (χ3v) is 3.03. The molecule has 0 radical (unpaired) electrons. The maximum atomic E-state index is 13.2. The third-order valence-electron chi connectivity index (χ3n) is 3.03. The number of rotatable bonds is 2. The fourth-order valence-corrected chi connectivity index (χ4v) is 2.18. The summed E-state index contributed by atoms with van der Waals surface area (Å²) < 4.78 is 31.0. The fraction of sp³-hybridized carbons (Fsp3) is 0.250. The monoisotopic (exact) mass is 265 g/mol. The summed E-state index contributed by atoms with van der Waals surface area (Å²) in [5.41, 5.74) is 0.202. The molecule has 0 spiro atoms. The molecule has 1 aliphatic rings. The van der Waals surface area contributed by atoms with Gasteiger partial charge in [0, 0.05) is 30.6 Å². The number of nitrogens with zero attached hydrogens (tertiary/aromatic N) is 3. The van der Waals surface area contributed by atoms with E-state index in [-0.39, 0.29) is 30.5 Å². The molecule has 1 aromatic carbocycles. The van der Waals surface area contributed by atoms with E-state index in [9.17, 15) is 13.6 Å². The fourth-order valence-electron chi connectivity index (χ4n) is 2.18. The van der Waals surface area contributed by atoms with Gasteiger partial charge >= 0.3 is 0 Å². The van der Waals surface area contributed by atoms with E-state index in [0.717, 1.165) is 18.2 Å². The van der Waals surface area contributed by atoms with Gasteiger partial charge in [-0.2, -0.15) is 4.98 Å². The van der Waals surface area contributed by atoms with Gasteiger partial charge in [0.2, 0.25) is 12.3 Å². The van der Waals surface area contributed by atoms with Crippen LogP contribution in [-0.4, -0.2) is 22.6 Å². The van der Waals surface area contributed by atoms with Crippen molar-refractivity contribution in [3.8, 4) is 0 Å². The smallest absolute Gasteiger partial charge is 0.227 e. The van der Waals surface area contributed by atoms with Crippen LogP contribution in [0.2, 0.25) is 0 Å². The number of aromatic nitrogens is 2. The maximum absolute atomic E-state index is 13.2. The highest BCUT2D eigenvalue weighted by atomic mass is 19.1. The Labute approximate surface area is 106 Å². The van der Waals surface area contributed by atoms with Crippen LogP contribution >= 0.6 is 0 Å². The van der Waals surface area contributed by atoms with Crippen LogP contribution in [0.25, 0.3) is 0 Å². The lowest BCUT2D eigenvalue weighted by atomic mass is 10.1. The van der Waals surface area contributed by atoms with Gasteiger partial charge in [0.1, 0.15) is 11.6 Å². The van der Waals surface area contributed by atoms with E-state index in [1.54, 1.807) is 0 Å². The molecule has 0 N–H and O–H groups in total. The molecule has 1 aliphatic heterocycles. The predicted octanol–water partition coefficient (Wildman–Crippen LogP) is 1.87. The summed E-state index contributed by atoms with van der Waals surface area (Å²) in [6.45, 7) is 0.279. The molecule has 2 aromatic rings. The van der Waals surface area contributed by atoms with Crippen molar-refractivity contribution in [3.63, 3.8) is 0 Å². The van der Waals surface area contributed by atoms with Gasteiger partial charge in [-0.15, -0.1) is 0 Å². The summed E-state index contributed by atoms with van der Waals surface area (Å²) in [5.74, 6) is -1.46. The normalized spacial score (nSPS) is 19.2. The highest BCUT2D eigenvalue weighted by molar-refractivity contribution is 5.96. The molecule has 98 valence electrons. The second-order valence-electron chi connectivity index (χ2n) is 4.32. The quantitative estimate of drug-likeness (QED) is 0.831. The molecule has 5 nitrogen and oxygen atoms in total. The standard InChI is InChI=1S/C12H9F2N3O2/c13-8-2-9(14)4-10(3-8)17-5-7(1-11(17)18)12-15-6-19-16-12/h2-4,6-7H,1,5H2. The Morgan fingerprint density at radius 2 is 2.00 bits per heavy atom. The molecule has 7 heteroatoms. The number of carbonyl (C=O) groups excluding carboxylic acids is 1. The number of anilines is 1. The second-order valence-corrected chi connectivity index (χ2v) is 4.32. The largest absolute Gasteiger partial charge is 0.343 e. The van der Waals surface area contributed by atoms with Crippen molar-refractivity contribution in [3.05, 3.63) is 42.1 Å². The van der Waals surface area contributed by atoms with Gasteiger partial charge in [0.15, 0.2) is 5.82 Å². The Balaban J connectivity index is 1.88. The van der Waals surface area contributed by atoms with E-state index in [4.69, 9.17) is 0 Å². The van der Waals surface area contributed by atoms with Gasteiger partial charge in [-0.3, -0.25) is 4.79 Å². The van der Waals surface area contributed by atoms with Crippen LogP contribution in [0, 0.1) is 11.6 Å². The highest BCUT2D eigenvalue weighted by Gasteiger charge is 2.34. The number of hydrogen-bond acceptors (Lipinski definition) is 4. The maximum Gasteiger partial charge on any atom is 0.227 e. The average Bonchev–Trinajstić information content (AvgIpc) is 2.95. The summed E-state index contributed by atoms with van der Waals surface area (Å²) in [6.07, 6.45) is 1.38. The lowest BCUT2D eigenvalue weighted by Gasteiger charge is -2.16. The van der Waals surface area contributed by atoms with E-state index in [0.29, 0.717) is 5.82 Å². The molecule has 19 heavy (non-hydrogen) atoms. The third kappa shape index (κ3) is 2.18. The van der Waals surface area contributed by atoms with Crippen LogP contribution in [0.1, 0.15) is 18.2 Å². The van der Waals surface area contributed by atoms with Gasteiger partial charge in [-0.05, 0) is 12.1 Å². The van der Waals surface area contributed by atoms with Crippen molar-refractivity contribution >= 4 is 11.6 Å². The van der Waals surface area contributed by atoms with E-state index >= 15 is 0 Å². The molecular formula is C12H9F2N3O2. The SMILES string of the molecule is O=C1CC(c2ncon2)CN1c1cc(F)cc(F)c1. The zero-order valence-electron chi connectivity index (χ0n) is 9.72. The topological polar surface area (TPSA) is 59.2 Å². The van der Waals surface area contributed by atoms with Gasteiger partial charge in [0.05, 0.1) is 0 Å². The number of hydrogen-bond donors (Lipinski definition) is 0. The van der Waals surface area contributed by atoms with Crippen molar-refractivity contribution < 1.29 is 18.1 Å². The van der Waals surface area contributed by atoms with Gasteiger partial charge in [0.25, 0.3) is 0 Å². The van der Waals surface area contributed by atoms with Crippen LogP contribution in [0.5, 0.6) is 0 Å². The zero-order valence-corrected chi connectivity index (χ0v) is 9.72. The van der Waals surface area contributed by atoms with Crippen molar-refractivity contribution in [2.75, 3.05) is 11.4 Å². The number of benzene rings is 1. The van der Waals surface area contributed by atoms with Gasteiger partial charge in [-0.25, -0.2) is 8.78 Å². The van der Waals surface area contributed by atoms with Crippen LogP contribution < -0.4 is 4.90 Å². The molecule has 1 amide bonds. The minimum atomic E-state index is -0.717. The summed E-state index contributed by atoms with van der Waals surface area (Å²) in [6, 6.07) is 3.01. The van der Waals surface area contributed by atoms with Crippen molar-refractivity contribution in [2.24, 2.45) is 0 Å². The summed E-state index contributed by atoms with van der Waals surface area (Å²) in [5, 5.41) is 3.68.